The summed E-state index contributed by atoms with van der Waals surface area (Å²) in [5, 5.41) is 0.351. The van der Waals surface area contributed by atoms with E-state index in [0.29, 0.717) is 33.1 Å². The van der Waals surface area contributed by atoms with Crippen molar-refractivity contribution in [2.75, 3.05) is 31.3 Å². The summed E-state index contributed by atoms with van der Waals surface area (Å²) in [6, 6.07) is 5.34. The van der Waals surface area contributed by atoms with Crippen LogP contribution in [0.4, 0.5) is 10.7 Å². The number of nitrogens with zero attached hydrogens (tertiary/aromatic N) is 2. The summed E-state index contributed by atoms with van der Waals surface area (Å²) in [5.41, 5.74) is 9.42. The molecule has 2 amide bonds. The number of thiophene rings is 1. The SMILES string of the molecule is CC(=O)N1CCc2cc(C(=O)c3c(N)sc(C(=O)N(C)C)c3C)ccc21. The summed E-state index contributed by atoms with van der Waals surface area (Å²) >= 11 is 1.14. The Bertz CT molecular complexity index is 930. The Balaban J connectivity index is 1.99. The van der Waals surface area contributed by atoms with Crippen LogP contribution in [0, 0.1) is 6.92 Å². The van der Waals surface area contributed by atoms with Crippen LogP contribution in [0.1, 0.15) is 43.6 Å². The predicted molar refractivity (Wildman–Crippen MR) is 103 cm³/mol. The van der Waals surface area contributed by atoms with Crippen LogP contribution in [0.25, 0.3) is 0 Å². The number of carbonyl (C=O) groups is 3. The molecule has 2 N–H and O–H groups in total. The first-order chi connectivity index (χ1) is 12.2. The molecule has 0 radical (unpaired) electrons. The van der Waals surface area contributed by atoms with Crippen LogP contribution in [0.15, 0.2) is 18.2 Å². The van der Waals surface area contributed by atoms with Crippen molar-refractivity contribution in [1.82, 2.24) is 4.90 Å². The molecule has 0 spiro atoms. The third kappa shape index (κ3) is 2.88. The van der Waals surface area contributed by atoms with Gasteiger partial charge in [-0.2, -0.15) is 0 Å². The molecule has 3 rings (SSSR count). The summed E-state index contributed by atoms with van der Waals surface area (Å²) < 4.78 is 0. The van der Waals surface area contributed by atoms with Gasteiger partial charge in [0.1, 0.15) is 0 Å². The Hall–Kier alpha value is -2.67. The normalized spacial score (nSPS) is 12.8. The Morgan fingerprint density at radius 2 is 1.92 bits per heavy atom. The van der Waals surface area contributed by atoms with Crippen LogP contribution >= 0.6 is 11.3 Å². The van der Waals surface area contributed by atoms with Crippen LogP contribution in [0.3, 0.4) is 0 Å². The number of hydrogen-bond donors (Lipinski definition) is 1. The number of fused-ring (bicyclic) bond motifs is 1. The molecule has 0 bridgehead atoms. The highest BCUT2D eigenvalue weighted by molar-refractivity contribution is 7.18. The molecule has 1 aromatic heterocycles. The zero-order valence-electron chi connectivity index (χ0n) is 15.3. The Labute approximate surface area is 156 Å². The maximum absolute atomic E-state index is 13.0. The number of carbonyl (C=O) groups excluding carboxylic acids is 3. The minimum absolute atomic E-state index is 0.00686. The fourth-order valence-corrected chi connectivity index (χ4v) is 4.33. The van der Waals surface area contributed by atoms with Crippen LogP contribution < -0.4 is 10.6 Å². The molecule has 26 heavy (non-hydrogen) atoms. The second-order valence-electron chi connectivity index (χ2n) is 6.59. The molecule has 2 aromatic rings. The molecule has 0 aliphatic carbocycles. The quantitative estimate of drug-likeness (QED) is 0.840. The average molecular weight is 371 g/mol. The lowest BCUT2D eigenvalue weighted by Gasteiger charge is -2.14. The van der Waals surface area contributed by atoms with Crippen molar-refractivity contribution in [1.29, 1.82) is 0 Å². The first-order valence-corrected chi connectivity index (χ1v) is 9.10. The van der Waals surface area contributed by atoms with E-state index in [1.165, 1.54) is 11.8 Å². The smallest absolute Gasteiger partial charge is 0.263 e. The summed E-state index contributed by atoms with van der Waals surface area (Å²) in [6.07, 6.45) is 0.721. The first kappa shape index (κ1) is 18.1. The van der Waals surface area contributed by atoms with Gasteiger partial charge >= 0.3 is 0 Å². The molecule has 0 unspecified atom stereocenters. The van der Waals surface area contributed by atoms with Crippen molar-refractivity contribution in [2.45, 2.75) is 20.3 Å². The summed E-state index contributed by atoms with van der Waals surface area (Å²) in [5.74, 6) is -0.366. The van der Waals surface area contributed by atoms with E-state index in [4.69, 9.17) is 5.73 Å². The summed E-state index contributed by atoms with van der Waals surface area (Å²) in [7, 11) is 3.33. The van der Waals surface area contributed by atoms with E-state index in [0.717, 1.165) is 29.0 Å². The lowest BCUT2D eigenvalue weighted by atomic mass is 9.98. The molecule has 136 valence electrons. The third-order valence-electron chi connectivity index (χ3n) is 4.62. The number of nitrogen functional groups attached to an aromatic ring is 1. The molecular weight excluding hydrogens is 350 g/mol. The van der Waals surface area contributed by atoms with Crippen LogP contribution in [0.5, 0.6) is 0 Å². The molecule has 6 nitrogen and oxygen atoms in total. The Morgan fingerprint density at radius 1 is 1.23 bits per heavy atom. The van der Waals surface area contributed by atoms with Gasteiger partial charge in [-0.1, -0.05) is 0 Å². The van der Waals surface area contributed by atoms with E-state index in [-0.39, 0.29) is 17.6 Å². The number of amides is 2. The number of rotatable bonds is 3. The number of anilines is 2. The van der Waals surface area contributed by atoms with Crippen molar-refractivity contribution >= 4 is 39.6 Å². The van der Waals surface area contributed by atoms with Crippen molar-refractivity contribution in [3.05, 3.63) is 45.3 Å². The van der Waals surface area contributed by atoms with Gasteiger partial charge in [0.05, 0.1) is 15.4 Å². The minimum Gasteiger partial charge on any atom is -0.390 e. The lowest BCUT2D eigenvalue weighted by Crippen LogP contribution is -2.25. The van der Waals surface area contributed by atoms with E-state index in [2.05, 4.69) is 0 Å². The molecule has 7 heteroatoms. The lowest BCUT2D eigenvalue weighted by molar-refractivity contribution is -0.116. The molecule has 1 aromatic carbocycles. The molecule has 0 atom stereocenters. The standard InChI is InChI=1S/C19H21N3O3S/c1-10-15(18(20)26-17(10)19(25)21(3)4)16(24)13-5-6-14-12(9-13)7-8-22(14)11(2)23/h5-6,9H,7-8,20H2,1-4H3. The molecular formula is C19H21N3O3S. The van der Waals surface area contributed by atoms with Gasteiger partial charge in [0.25, 0.3) is 5.91 Å². The van der Waals surface area contributed by atoms with Gasteiger partial charge in [-0.15, -0.1) is 11.3 Å². The molecule has 1 aliphatic rings. The fourth-order valence-electron chi connectivity index (χ4n) is 3.24. The number of nitrogens with two attached hydrogens (primary N) is 1. The average Bonchev–Trinajstić information content (AvgIpc) is 3.13. The van der Waals surface area contributed by atoms with Gasteiger partial charge in [0, 0.05) is 38.8 Å². The van der Waals surface area contributed by atoms with Gasteiger partial charge in [-0.25, -0.2) is 0 Å². The molecule has 0 saturated carbocycles. The fraction of sp³-hybridized carbons (Fsp3) is 0.316. The molecule has 1 aliphatic heterocycles. The maximum atomic E-state index is 13.0. The summed E-state index contributed by atoms with van der Waals surface area (Å²) in [4.78, 5) is 40.6. The third-order valence-corrected chi connectivity index (χ3v) is 5.73. The number of benzene rings is 1. The molecule has 0 saturated heterocycles. The van der Waals surface area contributed by atoms with Crippen LogP contribution in [-0.4, -0.2) is 43.1 Å². The van der Waals surface area contributed by atoms with E-state index in [1.807, 2.05) is 6.07 Å². The van der Waals surface area contributed by atoms with Crippen LogP contribution in [-0.2, 0) is 11.2 Å². The summed E-state index contributed by atoms with van der Waals surface area (Å²) in [6.45, 7) is 3.91. The largest absolute Gasteiger partial charge is 0.390 e. The highest BCUT2D eigenvalue weighted by Gasteiger charge is 2.27. The van der Waals surface area contributed by atoms with Gasteiger partial charge in [0.15, 0.2) is 5.78 Å². The minimum atomic E-state index is -0.196. The van der Waals surface area contributed by atoms with E-state index >= 15 is 0 Å². The van der Waals surface area contributed by atoms with Gasteiger partial charge < -0.3 is 15.5 Å². The molecule has 0 fully saturated rings. The number of ketones is 1. The van der Waals surface area contributed by atoms with Gasteiger partial charge in [-0.05, 0) is 42.7 Å². The zero-order chi connectivity index (χ0) is 19.2. The topological polar surface area (TPSA) is 83.7 Å². The Morgan fingerprint density at radius 3 is 2.54 bits per heavy atom. The van der Waals surface area contributed by atoms with Crippen molar-refractivity contribution in [2.24, 2.45) is 0 Å². The van der Waals surface area contributed by atoms with Crippen molar-refractivity contribution in [3.8, 4) is 0 Å². The number of hydrogen-bond acceptors (Lipinski definition) is 5. The highest BCUT2D eigenvalue weighted by atomic mass is 32.1. The van der Waals surface area contributed by atoms with E-state index in [9.17, 15) is 14.4 Å². The zero-order valence-corrected chi connectivity index (χ0v) is 16.1. The predicted octanol–water partition coefficient (Wildman–Crippen LogP) is 2.48. The monoisotopic (exact) mass is 371 g/mol. The van der Waals surface area contributed by atoms with Gasteiger partial charge in [0.2, 0.25) is 5.91 Å². The second kappa shape index (κ2) is 6.57. The van der Waals surface area contributed by atoms with Gasteiger partial charge in [-0.3, -0.25) is 14.4 Å². The molecule has 2 heterocycles. The first-order valence-electron chi connectivity index (χ1n) is 8.28. The Kier molecular flexibility index (Phi) is 4.58. The van der Waals surface area contributed by atoms with Crippen LogP contribution in [0.2, 0.25) is 0 Å². The van der Waals surface area contributed by atoms with Crippen molar-refractivity contribution < 1.29 is 14.4 Å². The van der Waals surface area contributed by atoms with E-state index in [1.54, 1.807) is 38.1 Å². The second-order valence-corrected chi connectivity index (χ2v) is 7.64. The van der Waals surface area contributed by atoms with Crippen molar-refractivity contribution in [3.63, 3.8) is 0 Å². The highest BCUT2D eigenvalue weighted by Crippen LogP contribution is 2.35. The maximum Gasteiger partial charge on any atom is 0.263 e. The van der Waals surface area contributed by atoms with E-state index < -0.39 is 0 Å².